The Labute approximate surface area is 160 Å². The second kappa shape index (κ2) is 8.84. The smallest absolute Gasteiger partial charge is 0.316 e. The van der Waals surface area contributed by atoms with Gasteiger partial charge in [-0.05, 0) is 53.0 Å². The number of carbonyl (C=O) groups is 1. The van der Waals surface area contributed by atoms with Crippen molar-refractivity contribution in [3.63, 3.8) is 0 Å². The fourth-order valence-corrected chi connectivity index (χ4v) is 2.88. The molecule has 0 spiro atoms. The second-order valence-corrected chi connectivity index (χ2v) is 6.79. The van der Waals surface area contributed by atoms with E-state index in [2.05, 4.69) is 25.9 Å². The van der Waals surface area contributed by atoms with E-state index in [9.17, 15) is 4.79 Å². The van der Waals surface area contributed by atoms with Gasteiger partial charge in [-0.25, -0.2) is 9.97 Å². The van der Waals surface area contributed by atoms with Gasteiger partial charge in [-0.3, -0.25) is 4.79 Å². The van der Waals surface area contributed by atoms with Crippen LogP contribution in [0.3, 0.4) is 0 Å². The van der Waals surface area contributed by atoms with Crippen LogP contribution in [0.15, 0.2) is 41.1 Å². The highest BCUT2D eigenvalue weighted by atomic mass is 79.9. The van der Waals surface area contributed by atoms with E-state index in [1.54, 1.807) is 48.7 Å². The van der Waals surface area contributed by atoms with Crippen molar-refractivity contribution in [2.75, 3.05) is 26.8 Å². The van der Waals surface area contributed by atoms with Crippen LogP contribution in [0.5, 0.6) is 17.5 Å². The van der Waals surface area contributed by atoms with Crippen molar-refractivity contribution in [2.24, 2.45) is 0 Å². The summed E-state index contributed by atoms with van der Waals surface area (Å²) in [5.41, 5.74) is 0. The highest BCUT2D eigenvalue weighted by Crippen LogP contribution is 2.19. The van der Waals surface area contributed by atoms with Crippen molar-refractivity contribution in [2.45, 2.75) is 18.9 Å². The quantitative estimate of drug-likeness (QED) is 0.713. The second-order valence-electron chi connectivity index (χ2n) is 5.87. The number of rotatable bonds is 6. The van der Waals surface area contributed by atoms with E-state index in [4.69, 9.17) is 14.2 Å². The standard InChI is InChI=1S/C18H20BrN3O4/c1-24-14-4-6-15(7-5-14)25-12-17(23)22-8-2-3-16(11-22)26-18-20-9-13(19)10-21-18/h4-7,9-10,16H,2-3,8,11-12H2,1H3. The van der Waals surface area contributed by atoms with Crippen LogP contribution in [0.4, 0.5) is 0 Å². The van der Waals surface area contributed by atoms with E-state index in [1.165, 1.54) is 0 Å². The Hall–Kier alpha value is -2.35. The maximum absolute atomic E-state index is 12.4. The molecule has 1 aromatic carbocycles. The van der Waals surface area contributed by atoms with E-state index in [0.717, 1.165) is 23.1 Å². The average Bonchev–Trinajstić information content (AvgIpc) is 2.68. The minimum atomic E-state index is -0.116. The maximum atomic E-state index is 12.4. The summed E-state index contributed by atoms with van der Waals surface area (Å²) in [6, 6.07) is 7.46. The first-order chi connectivity index (χ1) is 12.6. The molecule has 8 heteroatoms. The Kier molecular flexibility index (Phi) is 6.27. The number of carbonyl (C=O) groups excluding carboxylic acids is 1. The van der Waals surface area contributed by atoms with Gasteiger partial charge in [0.15, 0.2) is 6.61 Å². The van der Waals surface area contributed by atoms with E-state index in [0.29, 0.717) is 24.8 Å². The summed E-state index contributed by atoms with van der Waals surface area (Å²) in [6.07, 6.45) is 4.89. The van der Waals surface area contributed by atoms with Gasteiger partial charge < -0.3 is 19.1 Å². The van der Waals surface area contributed by atoms with Crippen molar-refractivity contribution < 1.29 is 19.0 Å². The Bertz CT molecular complexity index is 724. The maximum Gasteiger partial charge on any atom is 0.316 e. The van der Waals surface area contributed by atoms with Gasteiger partial charge in [-0.15, -0.1) is 0 Å². The van der Waals surface area contributed by atoms with Gasteiger partial charge in [-0.2, -0.15) is 0 Å². The van der Waals surface area contributed by atoms with Crippen LogP contribution in [0.1, 0.15) is 12.8 Å². The zero-order chi connectivity index (χ0) is 18.4. The molecule has 0 saturated carbocycles. The molecule has 1 atom stereocenters. The number of amides is 1. The van der Waals surface area contributed by atoms with Crippen LogP contribution in [0, 0.1) is 0 Å². The molecule has 1 amide bonds. The third-order valence-corrected chi connectivity index (χ3v) is 4.43. The van der Waals surface area contributed by atoms with Gasteiger partial charge >= 0.3 is 6.01 Å². The van der Waals surface area contributed by atoms with Crippen molar-refractivity contribution in [1.29, 1.82) is 0 Å². The van der Waals surface area contributed by atoms with Gasteiger partial charge in [0.05, 0.1) is 18.1 Å². The van der Waals surface area contributed by atoms with Gasteiger partial charge in [-0.1, -0.05) is 0 Å². The molecule has 2 heterocycles. The zero-order valence-electron chi connectivity index (χ0n) is 14.4. The van der Waals surface area contributed by atoms with Gasteiger partial charge in [0.2, 0.25) is 0 Å². The lowest BCUT2D eigenvalue weighted by Crippen LogP contribution is -2.46. The number of benzene rings is 1. The van der Waals surface area contributed by atoms with Crippen LogP contribution in [-0.2, 0) is 4.79 Å². The molecule has 0 N–H and O–H groups in total. The number of hydrogen-bond acceptors (Lipinski definition) is 6. The number of aromatic nitrogens is 2. The first-order valence-electron chi connectivity index (χ1n) is 8.33. The Morgan fingerprint density at radius 1 is 1.23 bits per heavy atom. The largest absolute Gasteiger partial charge is 0.497 e. The molecular formula is C18H20BrN3O4. The van der Waals surface area contributed by atoms with E-state index in [1.807, 2.05) is 0 Å². The van der Waals surface area contributed by atoms with Crippen LogP contribution in [0.25, 0.3) is 0 Å². The molecular weight excluding hydrogens is 402 g/mol. The minimum Gasteiger partial charge on any atom is -0.497 e. The monoisotopic (exact) mass is 421 g/mol. The normalized spacial score (nSPS) is 16.8. The molecule has 1 aliphatic heterocycles. The van der Waals surface area contributed by atoms with E-state index < -0.39 is 0 Å². The summed E-state index contributed by atoms with van der Waals surface area (Å²) in [4.78, 5) is 22.4. The van der Waals surface area contributed by atoms with Gasteiger partial charge in [0.25, 0.3) is 5.91 Å². The van der Waals surface area contributed by atoms with Crippen molar-refractivity contribution in [3.8, 4) is 17.5 Å². The molecule has 1 aromatic heterocycles. The van der Waals surface area contributed by atoms with Crippen LogP contribution >= 0.6 is 15.9 Å². The number of ether oxygens (including phenoxy) is 3. The number of nitrogens with zero attached hydrogens (tertiary/aromatic N) is 3. The molecule has 1 unspecified atom stereocenters. The lowest BCUT2D eigenvalue weighted by Gasteiger charge is -2.32. The third-order valence-electron chi connectivity index (χ3n) is 4.02. The Morgan fingerprint density at radius 2 is 1.92 bits per heavy atom. The van der Waals surface area contributed by atoms with Crippen molar-refractivity contribution in [1.82, 2.24) is 14.9 Å². The van der Waals surface area contributed by atoms with E-state index >= 15 is 0 Å². The van der Waals surface area contributed by atoms with Crippen LogP contribution in [-0.4, -0.2) is 53.7 Å². The van der Waals surface area contributed by atoms with E-state index in [-0.39, 0.29) is 18.6 Å². The summed E-state index contributed by atoms with van der Waals surface area (Å²) in [5.74, 6) is 1.31. The summed E-state index contributed by atoms with van der Waals surface area (Å²) in [6.45, 7) is 1.20. The van der Waals surface area contributed by atoms with Gasteiger partial charge in [0.1, 0.15) is 17.6 Å². The van der Waals surface area contributed by atoms with Gasteiger partial charge in [0, 0.05) is 18.9 Å². The SMILES string of the molecule is COc1ccc(OCC(=O)N2CCCC(Oc3ncc(Br)cn3)C2)cc1. The Morgan fingerprint density at radius 3 is 2.62 bits per heavy atom. The highest BCUT2D eigenvalue weighted by Gasteiger charge is 2.25. The molecule has 3 rings (SSSR count). The molecule has 0 bridgehead atoms. The molecule has 2 aromatic rings. The fraction of sp³-hybridized carbons (Fsp3) is 0.389. The summed E-state index contributed by atoms with van der Waals surface area (Å²) in [7, 11) is 1.60. The molecule has 1 fully saturated rings. The minimum absolute atomic E-state index is 0.00612. The summed E-state index contributed by atoms with van der Waals surface area (Å²) >= 11 is 3.29. The summed E-state index contributed by atoms with van der Waals surface area (Å²) < 4.78 is 17.2. The third kappa shape index (κ3) is 5.08. The first-order valence-corrected chi connectivity index (χ1v) is 9.12. The van der Waals surface area contributed by atoms with Crippen LogP contribution in [0.2, 0.25) is 0 Å². The molecule has 138 valence electrons. The van der Waals surface area contributed by atoms with Crippen LogP contribution < -0.4 is 14.2 Å². The molecule has 26 heavy (non-hydrogen) atoms. The van der Waals surface area contributed by atoms with Crippen molar-refractivity contribution >= 4 is 21.8 Å². The molecule has 0 aliphatic carbocycles. The molecule has 1 saturated heterocycles. The number of piperidine rings is 1. The molecule has 0 radical (unpaired) electrons. The first kappa shape index (κ1) is 18.4. The van der Waals surface area contributed by atoms with Crippen molar-refractivity contribution in [3.05, 3.63) is 41.1 Å². The predicted molar refractivity (Wildman–Crippen MR) is 98.5 cm³/mol. The number of halogens is 1. The highest BCUT2D eigenvalue weighted by molar-refractivity contribution is 9.10. The molecule has 1 aliphatic rings. The summed E-state index contributed by atoms with van der Waals surface area (Å²) in [5, 5.41) is 0. The topological polar surface area (TPSA) is 73.8 Å². The predicted octanol–water partition coefficient (Wildman–Crippen LogP) is 2.70. The Balaban J connectivity index is 1.49. The number of likely N-dealkylation sites (tertiary alicyclic amines) is 1. The molecule has 7 nitrogen and oxygen atoms in total. The average molecular weight is 422 g/mol. The zero-order valence-corrected chi connectivity index (χ0v) is 16.0. The number of methoxy groups -OCH3 is 1. The lowest BCUT2D eigenvalue weighted by atomic mass is 10.1. The number of hydrogen-bond donors (Lipinski definition) is 0. The lowest BCUT2D eigenvalue weighted by molar-refractivity contribution is -0.136. The fourth-order valence-electron chi connectivity index (χ4n) is 2.68.